The second-order valence-electron chi connectivity index (χ2n) is 6.44. The first-order valence-corrected chi connectivity index (χ1v) is 10.3. The molecular formula is C19H22ClNO5S. The average Bonchev–Trinajstić information content (AvgIpc) is 2.76. The number of ether oxygens (including phenoxy) is 2. The van der Waals surface area contributed by atoms with Gasteiger partial charge in [0.2, 0.25) is 0 Å². The number of rotatable bonds is 5. The second-order valence-corrected chi connectivity index (χ2v) is 8.74. The summed E-state index contributed by atoms with van der Waals surface area (Å²) in [7, 11) is -2.32. The number of benzene rings is 2. The highest BCUT2D eigenvalue weighted by Crippen LogP contribution is 2.39. The molecule has 0 bridgehead atoms. The highest BCUT2D eigenvalue weighted by Gasteiger charge is 2.35. The van der Waals surface area contributed by atoms with Crippen molar-refractivity contribution < 1.29 is 23.0 Å². The van der Waals surface area contributed by atoms with Gasteiger partial charge in [-0.15, -0.1) is 0 Å². The van der Waals surface area contributed by atoms with Gasteiger partial charge in [0.05, 0.1) is 16.7 Å². The van der Waals surface area contributed by atoms with Crippen molar-refractivity contribution in [2.45, 2.75) is 30.4 Å². The van der Waals surface area contributed by atoms with Gasteiger partial charge in [0, 0.05) is 24.2 Å². The van der Waals surface area contributed by atoms with Crippen LogP contribution < -0.4 is 4.31 Å². The van der Waals surface area contributed by atoms with Gasteiger partial charge in [0.15, 0.2) is 0 Å². The van der Waals surface area contributed by atoms with Gasteiger partial charge in [-0.2, -0.15) is 0 Å². The van der Waals surface area contributed by atoms with Gasteiger partial charge in [0.1, 0.15) is 12.9 Å². The van der Waals surface area contributed by atoms with Crippen LogP contribution in [0.5, 0.6) is 0 Å². The van der Waals surface area contributed by atoms with Gasteiger partial charge in [-0.3, -0.25) is 4.31 Å². The van der Waals surface area contributed by atoms with E-state index in [1.165, 1.54) is 11.4 Å². The quantitative estimate of drug-likeness (QED) is 0.764. The third kappa shape index (κ3) is 4.12. The Labute approximate surface area is 164 Å². The molecule has 0 aromatic heterocycles. The Morgan fingerprint density at radius 3 is 2.59 bits per heavy atom. The van der Waals surface area contributed by atoms with E-state index in [2.05, 4.69) is 0 Å². The van der Waals surface area contributed by atoms with E-state index >= 15 is 0 Å². The monoisotopic (exact) mass is 411 g/mol. The summed E-state index contributed by atoms with van der Waals surface area (Å²) < 4.78 is 38.4. The minimum atomic E-state index is -3.80. The molecule has 3 rings (SSSR count). The zero-order valence-electron chi connectivity index (χ0n) is 15.1. The number of hydrogen-bond donors (Lipinski definition) is 1. The molecule has 0 saturated heterocycles. The molecule has 2 aromatic rings. The molecule has 0 radical (unpaired) electrons. The number of nitrogens with zero attached hydrogens (tertiary/aromatic N) is 1. The summed E-state index contributed by atoms with van der Waals surface area (Å²) in [6.07, 6.45) is -1.42. The summed E-state index contributed by atoms with van der Waals surface area (Å²) in [6, 6.07) is 11.6. The number of methoxy groups -OCH3 is 1. The Hall–Kier alpha value is -1.64. The van der Waals surface area contributed by atoms with Crippen molar-refractivity contribution >= 4 is 27.3 Å². The summed E-state index contributed by atoms with van der Waals surface area (Å²) in [5, 5.41) is 11.0. The van der Waals surface area contributed by atoms with Crippen LogP contribution in [-0.2, 0) is 19.5 Å². The van der Waals surface area contributed by atoms with E-state index in [1.54, 1.807) is 42.5 Å². The van der Waals surface area contributed by atoms with Crippen LogP contribution in [0.25, 0.3) is 0 Å². The number of anilines is 1. The van der Waals surface area contributed by atoms with E-state index in [0.29, 0.717) is 16.3 Å². The molecule has 2 aromatic carbocycles. The SMILES string of the molecule is COCO[C@@H]1c2cc(Cl)ccc2N(S(=O)(=O)c2ccc(C)cc2)CC[C@@H]1O. The largest absolute Gasteiger partial charge is 0.390 e. The van der Waals surface area contributed by atoms with Crippen molar-refractivity contribution in [3.63, 3.8) is 0 Å². The van der Waals surface area contributed by atoms with Crippen molar-refractivity contribution in [2.24, 2.45) is 0 Å². The Balaban J connectivity index is 2.10. The predicted octanol–water partition coefficient (Wildman–Crippen LogP) is 3.27. The molecule has 0 aliphatic carbocycles. The molecule has 27 heavy (non-hydrogen) atoms. The number of aryl methyl sites for hydroxylation is 1. The van der Waals surface area contributed by atoms with Crippen molar-refractivity contribution in [2.75, 3.05) is 24.8 Å². The number of hydrogen-bond acceptors (Lipinski definition) is 5. The fraction of sp³-hybridized carbons (Fsp3) is 0.368. The normalized spacial score (nSPS) is 20.2. The lowest BCUT2D eigenvalue weighted by molar-refractivity contribution is -0.114. The summed E-state index contributed by atoms with van der Waals surface area (Å²) in [6.45, 7) is 1.99. The number of halogens is 1. The number of fused-ring (bicyclic) bond motifs is 1. The highest BCUT2D eigenvalue weighted by molar-refractivity contribution is 7.92. The summed E-state index contributed by atoms with van der Waals surface area (Å²) >= 11 is 6.14. The van der Waals surface area contributed by atoms with E-state index in [-0.39, 0.29) is 24.7 Å². The van der Waals surface area contributed by atoms with Crippen LogP contribution >= 0.6 is 11.6 Å². The first-order valence-electron chi connectivity index (χ1n) is 8.52. The van der Waals surface area contributed by atoms with Gasteiger partial charge in [-0.25, -0.2) is 8.42 Å². The van der Waals surface area contributed by atoms with Crippen LogP contribution in [-0.4, -0.2) is 40.1 Å². The van der Waals surface area contributed by atoms with Crippen LogP contribution in [0, 0.1) is 6.92 Å². The van der Waals surface area contributed by atoms with Crippen molar-refractivity contribution in [1.29, 1.82) is 0 Å². The van der Waals surface area contributed by atoms with Gasteiger partial charge in [0.25, 0.3) is 10.0 Å². The molecule has 0 saturated carbocycles. The molecule has 1 aliphatic heterocycles. The smallest absolute Gasteiger partial charge is 0.264 e. The first-order chi connectivity index (χ1) is 12.8. The fourth-order valence-corrected chi connectivity index (χ4v) is 4.82. The fourth-order valence-electron chi connectivity index (χ4n) is 3.14. The zero-order valence-corrected chi connectivity index (χ0v) is 16.7. The molecule has 0 spiro atoms. The van der Waals surface area contributed by atoms with Gasteiger partial charge < -0.3 is 14.6 Å². The molecule has 1 heterocycles. The maximum atomic E-state index is 13.3. The van der Waals surface area contributed by atoms with E-state index < -0.39 is 22.2 Å². The summed E-state index contributed by atoms with van der Waals surface area (Å²) in [4.78, 5) is 0.194. The zero-order chi connectivity index (χ0) is 19.6. The first kappa shape index (κ1) is 20.1. The van der Waals surface area contributed by atoms with E-state index in [4.69, 9.17) is 21.1 Å². The van der Waals surface area contributed by atoms with E-state index in [0.717, 1.165) is 5.56 Å². The maximum absolute atomic E-state index is 13.3. The lowest BCUT2D eigenvalue weighted by Crippen LogP contribution is -2.32. The predicted molar refractivity (Wildman–Crippen MR) is 103 cm³/mol. The molecular weight excluding hydrogens is 390 g/mol. The van der Waals surface area contributed by atoms with Gasteiger partial charge >= 0.3 is 0 Å². The molecule has 0 unspecified atom stereocenters. The molecule has 0 fully saturated rings. The Kier molecular flexibility index (Phi) is 6.08. The maximum Gasteiger partial charge on any atom is 0.264 e. The van der Waals surface area contributed by atoms with Crippen molar-refractivity contribution in [1.82, 2.24) is 0 Å². The molecule has 0 amide bonds. The van der Waals surface area contributed by atoms with Crippen molar-refractivity contribution in [3.05, 3.63) is 58.6 Å². The van der Waals surface area contributed by atoms with Crippen LogP contribution in [0.1, 0.15) is 23.7 Å². The summed E-state index contributed by atoms with van der Waals surface area (Å²) in [5.41, 5.74) is 1.93. The van der Waals surface area contributed by atoms with Crippen LogP contribution in [0.4, 0.5) is 5.69 Å². The topological polar surface area (TPSA) is 76.1 Å². The number of aliphatic hydroxyl groups excluding tert-OH is 1. The average molecular weight is 412 g/mol. The molecule has 2 atom stereocenters. The van der Waals surface area contributed by atoms with Crippen LogP contribution in [0.15, 0.2) is 47.4 Å². The molecule has 6 nitrogen and oxygen atoms in total. The third-order valence-electron chi connectivity index (χ3n) is 4.52. The molecule has 146 valence electrons. The Morgan fingerprint density at radius 2 is 1.93 bits per heavy atom. The molecule has 8 heteroatoms. The lowest BCUT2D eigenvalue weighted by Gasteiger charge is -2.26. The van der Waals surface area contributed by atoms with Crippen LogP contribution in [0.2, 0.25) is 5.02 Å². The van der Waals surface area contributed by atoms with E-state index in [9.17, 15) is 13.5 Å². The summed E-state index contributed by atoms with van der Waals surface area (Å²) in [5.74, 6) is 0. The van der Waals surface area contributed by atoms with Crippen LogP contribution in [0.3, 0.4) is 0 Å². The van der Waals surface area contributed by atoms with Crippen molar-refractivity contribution in [3.8, 4) is 0 Å². The number of sulfonamides is 1. The van der Waals surface area contributed by atoms with Gasteiger partial charge in [-0.05, 0) is 43.7 Å². The number of aliphatic hydroxyl groups is 1. The Bertz CT molecular complexity index is 901. The molecule has 1 aliphatic rings. The van der Waals surface area contributed by atoms with E-state index in [1.807, 2.05) is 6.92 Å². The third-order valence-corrected chi connectivity index (χ3v) is 6.58. The molecule has 1 N–H and O–H groups in total. The standard InChI is InChI=1S/C19H22ClNO5S/c1-13-3-6-15(7-4-13)27(23,24)21-10-9-18(22)19(26-12-25-2)16-11-14(20)5-8-17(16)21/h3-8,11,18-19,22H,9-10,12H2,1-2H3/t18-,19+/m0/s1. The highest BCUT2D eigenvalue weighted by atomic mass is 35.5. The lowest BCUT2D eigenvalue weighted by atomic mass is 10.0. The Morgan fingerprint density at radius 1 is 1.22 bits per heavy atom. The minimum absolute atomic E-state index is 0.0294. The second kappa shape index (κ2) is 8.16. The minimum Gasteiger partial charge on any atom is -0.390 e. The van der Waals surface area contributed by atoms with Gasteiger partial charge in [-0.1, -0.05) is 29.3 Å².